The van der Waals surface area contributed by atoms with Gasteiger partial charge in [0.05, 0.1) is 5.69 Å². The molecule has 0 bridgehead atoms. The Morgan fingerprint density at radius 3 is 2.61 bits per heavy atom. The van der Waals surface area contributed by atoms with E-state index in [0.717, 1.165) is 50.8 Å². The van der Waals surface area contributed by atoms with Gasteiger partial charge in [-0.3, -0.25) is 14.9 Å². The molecule has 1 saturated heterocycles. The molecule has 2 aliphatic carbocycles. The summed E-state index contributed by atoms with van der Waals surface area (Å²) in [5, 5.41) is 8.03. The number of hydrogen-bond acceptors (Lipinski definition) is 7. The molecule has 3 heterocycles. The van der Waals surface area contributed by atoms with E-state index >= 15 is 0 Å². The fraction of sp³-hybridized carbons (Fsp3) is 0.357. The van der Waals surface area contributed by atoms with E-state index in [0.29, 0.717) is 28.4 Å². The molecule has 0 radical (unpaired) electrons. The molecule has 1 atom stereocenters. The second-order valence-corrected chi connectivity index (χ2v) is 10.9. The molecule has 2 aromatic heterocycles. The molecule has 1 amide bonds. The number of primary amides is 1. The maximum Gasteiger partial charge on any atom is 0.409 e. The molecule has 1 spiro atoms. The summed E-state index contributed by atoms with van der Waals surface area (Å²) in [5.74, 6) is 0.918. The number of carbonyl (C=O) groups excluding carboxylic acids is 1. The van der Waals surface area contributed by atoms with Crippen LogP contribution in [0.4, 0.5) is 10.7 Å². The normalized spacial score (nSPS) is 21.0. The van der Waals surface area contributed by atoms with Gasteiger partial charge in [0.1, 0.15) is 11.1 Å². The minimum absolute atomic E-state index is 0.0344. The number of hydrogen-bond donors (Lipinski definition) is 4. The van der Waals surface area contributed by atoms with Gasteiger partial charge in [0.15, 0.2) is 5.65 Å². The monoisotopic (exact) mass is 511 g/mol. The Balaban J connectivity index is 1.16. The highest BCUT2D eigenvalue weighted by Crippen LogP contribution is 2.54. The number of nitrogens with one attached hydrogen (secondary N) is 2. The lowest BCUT2D eigenvalue weighted by molar-refractivity contribution is 0.187. The predicted octanol–water partition coefficient (Wildman–Crippen LogP) is 3.03. The Morgan fingerprint density at radius 2 is 1.87 bits per heavy atom. The lowest BCUT2D eigenvalue weighted by atomic mass is 9.73. The lowest BCUT2D eigenvalue weighted by Gasteiger charge is -2.42. The van der Waals surface area contributed by atoms with Crippen LogP contribution in [0.3, 0.4) is 0 Å². The minimum atomic E-state index is -0.867. The van der Waals surface area contributed by atoms with Crippen LogP contribution >= 0.6 is 0 Å². The first kappa shape index (κ1) is 23.0. The largest absolute Gasteiger partial charge is 0.410 e. The zero-order valence-electron chi connectivity index (χ0n) is 20.9. The Morgan fingerprint density at radius 1 is 1.08 bits per heavy atom. The Labute approximate surface area is 218 Å². The summed E-state index contributed by atoms with van der Waals surface area (Å²) in [7, 11) is 0. The SMILES string of the molecule is NC(=O)Oc1cccc(C2(c3n[nH]c4nc(N5CCC6(CC5)Cc5ccccc5[C@H]6N)[nH]c(=O)c34)CC2)c1. The second-order valence-electron chi connectivity index (χ2n) is 10.9. The fourth-order valence-corrected chi connectivity index (χ4v) is 6.65. The maximum absolute atomic E-state index is 13.4. The highest BCUT2D eigenvalue weighted by Gasteiger charge is 2.50. The van der Waals surface area contributed by atoms with Crippen LogP contribution < -0.4 is 26.7 Å². The lowest BCUT2D eigenvalue weighted by Crippen LogP contribution is -2.45. The molecule has 10 nitrogen and oxygen atoms in total. The number of anilines is 1. The number of carbonyl (C=O) groups is 1. The first-order valence-electron chi connectivity index (χ1n) is 13.0. The van der Waals surface area contributed by atoms with E-state index < -0.39 is 11.5 Å². The Kier molecular flexibility index (Phi) is 4.93. The molecular formula is C28H29N7O3. The minimum Gasteiger partial charge on any atom is -0.410 e. The number of aromatic nitrogens is 4. The second kappa shape index (κ2) is 8.16. The van der Waals surface area contributed by atoms with Crippen molar-refractivity contribution in [1.29, 1.82) is 0 Å². The fourth-order valence-electron chi connectivity index (χ4n) is 6.65. The van der Waals surface area contributed by atoms with Crippen LogP contribution in [0.2, 0.25) is 0 Å². The molecule has 10 heteroatoms. The van der Waals surface area contributed by atoms with E-state index in [-0.39, 0.29) is 17.0 Å². The van der Waals surface area contributed by atoms with Crippen molar-refractivity contribution in [2.45, 2.75) is 43.6 Å². The van der Waals surface area contributed by atoms with Crippen molar-refractivity contribution >= 4 is 23.1 Å². The number of H-pyrrole nitrogens is 2. The number of benzene rings is 2. The quantitative estimate of drug-likeness (QED) is 0.328. The third-order valence-corrected chi connectivity index (χ3v) is 8.88. The first-order chi connectivity index (χ1) is 18.4. The molecule has 3 aliphatic rings. The van der Waals surface area contributed by atoms with Gasteiger partial charge in [0.25, 0.3) is 5.56 Å². The van der Waals surface area contributed by atoms with Gasteiger partial charge in [-0.05, 0) is 66.3 Å². The summed E-state index contributed by atoms with van der Waals surface area (Å²) in [4.78, 5) is 34.6. The Bertz CT molecular complexity index is 1630. The van der Waals surface area contributed by atoms with Crippen LogP contribution in [0.15, 0.2) is 53.3 Å². The molecule has 4 aromatic rings. The number of piperidine rings is 1. The van der Waals surface area contributed by atoms with E-state index in [1.165, 1.54) is 11.1 Å². The van der Waals surface area contributed by atoms with Crippen LogP contribution in [0.1, 0.15) is 54.1 Å². The van der Waals surface area contributed by atoms with Gasteiger partial charge < -0.3 is 21.1 Å². The summed E-state index contributed by atoms with van der Waals surface area (Å²) in [6.45, 7) is 1.54. The summed E-state index contributed by atoms with van der Waals surface area (Å²) in [6, 6.07) is 15.7. The highest BCUT2D eigenvalue weighted by molar-refractivity contribution is 5.80. The topological polar surface area (TPSA) is 156 Å². The van der Waals surface area contributed by atoms with Crippen molar-refractivity contribution in [3.8, 4) is 5.75 Å². The summed E-state index contributed by atoms with van der Waals surface area (Å²) < 4.78 is 5.07. The third-order valence-electron chi connectivity index (χ3n) is 8.88. The summed E-state index contributed by atoms with van der Waals surface area (Å²) in [6.07, 6.45) is 3.65. The standard InChI is InChI=1S/C28H29N7O3/c29-21-19-7-2-1-4-16(19)15-27(21)10-12-35(13-11-27)26-31-23-20(24(36)32-26)22(33-34-23)28(8-9-28)17-5-3-6-18(14-17)38-25(30)37/h1-7,14,21H,8-13,15,29H2,(H2,30,37)(H2,31,32,33,34,36)/t21-/m1/s1. The molecule has 1 saturated carbocycles. The molecule has 6 N–H and O–H groups in total. The van der Waals surface area contributed by atoms with Gasteiger partial charge in [0.2, 0.25) is 5.95 Å². The number of ether oxygens (including phenoxy) is 1. The van der Waals surface area contributed by atoms with Crippen molar-refractivity contribution in [3.05, 3.63) is 81.3 Å². The number of nitrogens with zero attached hydrogens (tertiary/aromatic N) is 3. The number of aromatic amines is 2. The van der Waals surface area contributed by atoms with E-state index in [4.69, 9.17) is 21.2 Å². The van der Waals surface area contributed by atoms with Gasteiger partial charge in [-0.2, -0.15) is 10.1 Å². The van der Waals surface area contributed by atoms with Crippen molar-refractivity contribution in [2.24, 2.45) is 16.9 Å². The van der Waals surface area contributed by atoms with E-state index in [9.17, 15) is 9.59 Å². The van der Waals surface area contributed by atoms with Crippen LogP contribution in [0.5, 0.6) is 5.75 Å². The van der Waals surface area contributed by atoms with Crippen LogP contribution in [-0.2, 0) is 11.8 Å². The van der Waals surface area contributed by atoms with Crippen molar-refractivity contribution in [1.82, 2.24) is 20.2 Å². The number of amides is 1. The molecule has 1 aliphatic heterocycles. The van der Waals surface area contributed by atoms with Crippen molar-refractivity contribution in [2.75, 3.05) is 18.0 Å². The van der Waals surface area contributed by atoms with Gasteiger partial charge in [-0.1, -0.05) is 36.4 Å². The third kappa shape index (κ3) is 3.43. The molecule has 194 valence electrons. The molecule has 7 rings (SSSR count). The van der Waals surface area contributed by atoms with Gasteiger partial charge in [-0.15, -0.1) is 0 Å². The van der Waals surface area contributed by atoms with Crippen LogP contribution in [0, 0.1) is 5.41 Å². The van der Waals surface area contributed by atoms with Crippen LogP contribution in [0.25, 0.3) is 11.0 Å². The zero-order chi connectivity index (χ0) is 26.1. The molecule has 0 unspecified atom stereocenters. The molecule has 38 heavy (non-hydrogen) atoms. The smallest absolute Gasteiger partial charge is 0.409 e. The van der Waals surface area contributed by atoms with E-state index in [1.54, 1.807) is 18.2 Å². The van der Waals surface area contributed by atoms with Crippen molar-refractivity contribution < 1.29 is 9.53 Å². The summed E-state index contributed by atoms with van der Waals surface area (Å²) >= 11 is 0. The zero-order valence-corrected chi connectivity index (χ0v) is 20.9. The number of rotatable bonds is 4. The van der Waals surface area contributed by atoms with Gasteiger partial charge in [0, 0.05) is 24.5 Å². The van der Waals surface area contributed by atoms with E-state index in [2.05, 4.69) is 44.3 Å². The molecule has 2 fully saturated rings. The average Bonchev–Trinajstić information content (AvgIpc) is 3.53. The van der Waals surface area contributed by atoms with Gasteiger partial charge >= 0.3 is 6.09 Å². The van der Waals surface area contributed by atoms with Crippen LogP contribution in [-0.4, -0.2) is 39.3 Å². The highest BCUT2D eigenvalue weighted by atomic mass is 16.5. The maximum atomic E-state index is 13.4. The van der Waals surface area contributed by atoms with Gasteiger partial charge in [-0.25, -0.2) is 4.79 Å². The summed E-state index contributed by atoms with van der Waals surface area (Å²) in [5.41, 5.74) is 16.0. The first-order valence-corrected chi connectivity index (χ1v) is 13.0. The Hall–Kier alpha value is -4.18. The average molecular weight is 512 g/mol. The van der Waals surface area contributed by atoms with Crippen molar-refractivity contribution in [3.63, 3.8) is 0 Å². The predicted molar refractivity (Wildman–Crippen MR) is 142 cm³/mol. The molecular weight excluding hydrogens is 482 g/mol. The number of nitrogens with two attached hydrogens (primary N) is 2. The number of fused-ring (bicyclic) bond motifs is 2. The van der Waals surface area contributed by atoms with E-state index in [1.807, 2.05) is 6.07 Å². The molecule has 2 aromatic carbocycles.